The van der Waals surface area contributed by atoms with E-state index in [4.69, 9.17) is 0 Å². The van der Waals surface area contributed by atoms with Gasteiger partial charge in [0.05, 0.1) is 18.4 Å². The summed E-state index contributed by atoms with van der Waals surface area (Å²) in [7, 11) is 1.13. The Morgan fingerprint density at radius 2 is 1.88 bits per heavy atom. The van der Waals surface area contributed by atoms with E-state index in [2.05, 4.69) is 4.74 Å². The quantitative estimate of drug-likeness (QED) is 0.631. The van der Waals surface area contributed by atoms with E-state index in [-0.39, 0.29) is 5.56 Å². The number of carbonyl (C=O) groups is 2. The molecule has 25 heavy (non-hydrogen) atoms. The van der Waals surface area contributed by atoms with Crippen molar-refractivity contribution in [2.45, 2.75) is 37.9 Å². The fourth-order valence-electron chi connectivity index (χ4n) is 2.92. The standard InChI is InChI=1S/C16H18F4N2O3/c1-25-14(23)10-6-7-11(17)12(8-10)21-15(24)22-13(16(18,19)20)9-4-2-3-5-9/h6-9,13H,2-5H2,1H3,(H2,21,22,24)/t13-/m1/s1. The van der Waals surface area contributed by atoms with Crippen LogP contribution in [0.5, 0.6) is 0 Å². The second kappa shape index (κ2) is 7.71. The molecule has 0 aromatic heterocycles. The van der Waals surface area contributed by atoms with Gasteiger partial charge in [-0.05, 0) is 37.0 Å². The highest BCUT2D eigenvalue weighted by molar-refractivity contribution is 5.94. The van der Waals surface area contributed by atoms with Crippen molar-refractivity contribution in [3.63, 3.8) is 0 Å². The van der Waals surface area contributed by atoms with Gasteiger partial charge in [0.2, 0.25) is 0 Å². The van der Waals surface area contributed by atoms with Crippen LogP contribution in [0, 0.1) is 11.7 Å². The summed E-state index contributed by atoms with van der Waals surface area (Å²) in [5.41, 5.74) is -0.449. The maximum absolute atomic E-state index is 13.8. The molecular formula is C16H18F4N2O3. The molecule has 1 aliphatic carbocycles. The molecule has 0 heterocycles. The minimum atomic E-state index is -4.60. The average molecular weight is 362 g/mol. The Hall–Kier alpha value is -2.32. The van der Waals surface area contributed by atoms with Gasteiger partial charge < -0.3 is 15.4 Å². The van der Waals surface area contributed by atoms with Gasteiger partial charge in [-0.2, -0.15) is 13.2 Å². The summed E-state index contributed by atoms with van der Waals surface area (Å²) in [5, 5.41) is 3.90. The van der Waals surface area contributed by atoms with E-state index >= 15 is 0 Å². The van der Waals surface area contributed by atoms with Crippen LogP contribution in [-0.4, -0.2) is 31.3 Å². The molecule has 0 aliphatic heterocycles. The van der Waals surface area contributed by atoms with Gasteiger partial charge in [-0.25, -0.2) is 14.0 Å². The molecule has 0 bridgehead atoms. The SMILES string of the molecule is COC(=O)c1ccc(F)c(NC(=O)N[C@H](C2CCCC2)C(F)(F)F)c1. The summed E-state index contributed by atoms with van der Waals surface area (Å²) in [6, 6.07) is -0.128. The highest BCUT2D eigenvalue weighted by atomic mass is 19.4. The molecule has 1 aromatic rings. The van der Waals surface area contributed by atoms with Crippen molar-refractivity contribution in [1.82, 2.24) is 5.32 Å². The first-order chi connectivity index (χ1) is 11.7. The summed E-state index contributed by atoms with van der Waals surface area (Å²) >= 11 is 0. The van der Waals surface area contributed by atoms with Crippen LogP contribution in [0.25, 0.3) is 0 Å². The Labute approximate surface area is 141 Å². The Bertz CT molecular complexity index is 643. The summed E-state index contributed by atoms with van der Waals surface area (Å²) in [6.07, 6.45) is -2.50. The molecule has 2 rings (SSSR count). The zero-order valence-corrected chi connectivity index (χ0v) is 13.5. The van der Waals surface area contributed by atoms with Crippen molar-refractivity contribution < 1.29 is 31.9 Å². The van der Waals surface area contributed by atoms with Crippen LogP contribution in [0.2, 0.25) is 0 Å². The molecule has 1 saturated carbocycles. The van der Waals surface area contributed by atoms with Crippen LogP contribution >= 0.6 is 0 Å². The molecule has 1 aromatic carbocycles. The Morgan fingerprint density at radius 3 is 2.44 bits per heavy atom. The van der Waals surface area contributed by atoms with Gasteiger partial charge in [0, 0.05) is 0 Å². The second-order valence-corrected chi connectivity index (χ2v) is 5.85. The molecule has 1 fully saturated rings. The Balaban J connectivity index is 2.11. The van der Waals surface area contributed by atoms with Gasteiger partial charge in [0.25, 0.3) is 0 Å². The van der Waals surface area contributed by atoms with E-state index in [0.717, 1.165) is 25.3 Å². The van der Waals surface area contributed by atoms with Gasteiger partial charge in [-0.3, -0.25) is 0 Å². The van der Waals surface area contributed by atoms with Crippen molar-refractivity contribution in [2.24, 2.45) is 5.92 Å². The summed E-state index contributed by atoms with van der Waals surface area (Å²) in [4.78, 5) is 23.3. The van der Waals surface area contributed by atoms with Gasteiger partial charge >= 0.3 is 18.2 Å². The number of hydrogen-bond donors (Lipinski definition) is 2. The summed E-state index contributed by atoms with van der Waals surface area (Å²) in [5.74, 6) is -2.34. The van der Waals surface area contributed by atoms with Crippen LogP contribution in [-0.2, 0) is 4.74 Å². The number of ether oxygens (including phenoxy) is 1. The Morgan fingerprint density at radius 1 is 1.24 bits per heavy atom. The van der Waals surface area contributed by atoms with Crippen LogP contribution in [0.15, 0.2) is 18.2 Å². The van der Waals surface area contributed by atoms with Crippen molar-refractivity contribution in [3.05, 3.63) is 29.6 Å². The predicted octanol–water partition coefficient (Wildman–Crippen LogP) is 3.85. The van der Waals surface area contributed by atoms with E-state index in [9.17, 15) is 27.2 Å². The number of methoxy groups -OCH3 is 1. The number of halogens is 4. The van der Waals surface area contributed by atoms with Crippen molar-refractivity contribution in [1.29, 1.82) is 0 Å². The molecular weight excluding hydrogens is 344 g/mol. The first-order valence-electron chi connectivity index (χ1n) is 7.74. The lowest BCUT2D eigenvalue weighted by Gasteiger charge is -2.27. The number of hydrogen-bond acceptors (Lipinski definition) is 3. The van der Waals surface area contributed by atoms with E-state index in [0.29, 0.717) is 25.7 Å². The third-order valence-corrected chi connectivity index (χ3v) is 4.15. The monoisotopic (exact) mass is 362 g/mol. The van der Waals surface area contributed by atoms with Crippen LogP contribution in [0.4, 0.5) is 28.0 Å². The maximum Gasteiger partial charge on any atom is 0.408 e. The second-order valence-electron chi connectivity index (χ2n) is 5.85. The molecule has 1 atom stereocenters. The predicted molar refractivity (Wildman–Crippen MR) is 81.7 cm³/mol. The lowest BCUT2D eigenvalue weighted by atomic mass is 9.98. The third kappa shape index (κ3) is 4.83. The molecule has 0 unspecified atom stereocenters. The first-order valence-corrected chi connectivity index (χ1v) is 7.74. The number of urea groups is 1. The lowest BCUT2D eigenvalue weighted by Crippen LogP contribution is -2.50. The minimum absolute atomic E-state index is 0.0395. The fourth-order valence-corrected chi connectivity index (χ4v) is 2.92. The number of benzene rings is 1. The van der Waals surface area contributed by atoms with Crippen LogP contribution in [0.1, 0.15) is 36.0 Å². The van der Waals surface area contributed by atoms with Gasteiger partial charge in [0.15, 0.2) is 0 Å². The number of alkyl halides is 3. The van der Waals surface area contributed by atoms with Crippen molar-refractivity contribution >= 4 is 17.7 Å². The smallest absolute Gasteiger partial charge is 0.408 e. The molecule has 2 amide bonds. The molecule has 5 nitrogen and oxygen atoms in total. The minimum Gasteiger partial charge on any atom is -0.465 e. The van der Waals surface area contributed by atoms with E-state index < -0.39 is 41.6 Å². The van der Waals surface area contributed by atoms with E-state index in [1.807, 2.05) is 10.6 Å². The zero-order valence-electron chi connectivity index (χ0n) is 13.5. The molecule has 2 N–H and O–H groups in total. The van der Waals surface area contributed by atoms with Crippen LogP contribution < -0.4 is 10.6 Å². The number of nitrogens with one attached hydrogen (secondary N) is 2. The number of esters is 1. The third-order valence-electron chi connectivity index (χ3n) is 4.15. The topological polar surface area (TPSA) is 67.4 Å². The lowest BCUT2D eigenvalue weighted by molar-refractivity contribution is -0.164. The fraction of sp³-hybridized carbons (Fsp3) is 0.500. The highest BCUT2D eigenvalue weighted by Gasteiger charge is 2.46. The van der Waals surface area contributed by atoms with Crippen molar-refractivity contribution in [2.75, 3.05) is 12.4 Å². The van der Waals surface area contributed by atoms with Crippen molar-refractivity contribution in [3.8, 4) is 0 Å². The van der Waals surface area contributed by atoms with E-state index in [1.165, 1.54) is 0 Å². The molecule has 1 aliphatic rings. The number of rotatable bonds is 4. The molecule has 138 valence electrons. The molecule has 0 spiro atoms. The number of anilines is 1. The summed E-state index contributed by atoms with van der Waals surface area (Å²) in [6.45, 7) is 0. The molecule has 9 heteroatoms. The van der Waals surface area contributed by atoms with Gasteiger partial charge in [0.1, 0.15) is 11.9 Å². The highest BCUT2D eigenvalue weighted by Crippen LogP contribution is 2.35. The molecule has 0 saturated heterocycles. The first kappa shape index (κ1) is 19.0. The van der Waals surface area contributed by atoms with Gasteiger partial charge in [-0.1, -0.05) is 12.8 Å². The number of carbonyl (C=O) groups excluding carboxylic acids is 2. The van der Waals surface area contributed by atoms with Crippen LogP contribution in [0.3, 0.4) is 0 Å². The van der Waals surface area contributed by atoms with Gasteiger partial charge in [-0.15, -0.1) is 0 Å². The summed E-state index contributed by atoms with van der Waals surface area (Å²) < 4.78 is 57.8. The maximum atomic E-state index is 13.8. The average Bonchev–Trinajstić information content (AvgIpc) is 3.06. The normalized spacial score (nSPS) is 16.4. The number of amides is 2. The molecule has 0 radical (unpaired) electrons. The zero-order chi connectivity index (χ0) is 18.6. The van der Waals surface area contributed by atoms with E-state index in [1.54, 1.807) is 0 Å². The largest absolute Gasteiger partial charge is 0.465 e. The Kier molecular flexibility index (Phi) is 5.86.